The van der Waals surface area contributed by atoms with Crippen LogP contribution in [0.4, 0.5) is 5.69 Å². The molecule has 0 fully saturated rings. The number of hydrogen-bond acceptors (Lipinski definition) is 6. The van der Waals surface area contributed by atoms with Crippen LogP contribution in [0.15, 0.2) is 34.2 Å². The van der Waals surface area contributed by atoms with Crippen molar-refractivity contribution in [1.82, 2.24) is 9.55 Å². The molecule has 1 aliphatic rings. The second-order valence-corrected chi connectivity index (χ2v) is 8.66. The molecule has 0 bridgehead atoms. The van der Waals surface area contributed by atoms with E-state index in [9.17, 15) is 9.59 Å². The van der Waals surface area contributed by atoms with Crippen molar-refractivity contribution in [2.45, 2.75) is 43.8 Å². The number of aromatic nitrogens is 2. The molecule has 28 heavy (non-hydrogen) atoms. The van der Waals surface area contributed by atoms with Crippen molar-refractivity contribution in [3.8, 4) is 11.5 Å². The molecule has 150 valence electrons. The fraction of sp³-hybridized carbons (Fsp3) is 0.450. The maximum atomic E-state index is 12.6. The van der Waals surface area contributed by atoms with Crippen LogP contribution in [0, 0.1) is 0 Å². The van der Waals surface area contributed by atoms with Gasteiger partial charge in [0.25, 0.3) is 5.56 Å². The Labute approximate surface area is 168 Å². The number of nitrogens with one attached hydrogen (secondary N) is 1. The zero-order valence-corrected chi connectivity index (χ0v) is 17.6. The number of ether oxygens (including phenoxy) is 2. The number of thioether (sulfide) groups is 1. The van der Waals surface area contributed by atoms with Gasteiger partial charge in [0.05, 0.1) is 26.0 Å². The van der Waals surface area contributed by atoms with Gasteiger partial charge in [-0.25, -0.2) is 4.98 Å². The van der Waals surface area contributed by atoms with Crippen LogP contribution in [0.1, 0.15) is 38.9 Å². The van der Waals surface area contributed by atoms with E-state index in [0.717, 1.165) is 5.69 Å². The van der Waals surface area contributed by atoms with Gasteiger partial charge in [0.2, 0.25) is 5.91 Å². The molecule has 0 spiro atoms. The summed E-state index contributed by atoms with van der Waals surface area (Å²) in [7, 11) is 3.10. The van der Waals surface area contributed by atoms with Crippen molar-refractivity contribution in [2.24, 2.45) is 0 Å². The topological polar surface area (TPSA) is 82.5 Å². The Bertz CT molecular complexity index is 949. The van der Waals surface area contributed by atoms with Gasteiger partial charge in [-0.15, -0.1) is 0 Å². The van der Waals surface area contributed by atoms with Gasteiger partial charge in [-0.2, -0.15) is 0 Å². The molecule has 1 aliphatic heterocycles. The number of hydrogen-bond donors (Lipinski definition) is 1. The van der Waals surface area contributed by atoms with Crippen molar-refractivity contribution in [2.75, 3.05) is 25.3 Å². The molecule has 0 saturated heterocycles. The summed E-state index contributed by atoms with van der Waals surface area (Å²) in [5.74, 6) is 1.61. The molecule has 0 radical (unpaired) electrons. The van der Waals surface area contributed by atoms with E-state index < -0.39 is 0 Å². The Morgan fingerprint density at radius 2 is 1.96 bits per heavy atom. The molecule has 2 heterocycles. The first kappa shape index (κ1) is 20.3. The Kier molecular flexibility index (Phi) is 5.69. The number of amides is 1. The highest BCUT2D eigenvalue weighted by molar-refractivity contribution is 7.99. The molecule has 1 aromatic carbocycles. The largest absolute Gasteiger partial charge is 0.493 e. The Balaban J connectivity index is 1.75. The highest BCUT2D eigenvalue weighted by atomic mass is 32.2. The minimum atomic E-state index is -0.214. The minimum absolute atomic E-state index is 0.108. The average molecular weight is 404 g/mol. The van der Waals surface area contributed by atoms with E-state index >= 15 is 0 Å². The third kappa shape index (κ3) is 4.16. The third-order valence-electron chi connectivity index (χ3n) is 4.55. The van der Waals surface area contributed by atoms with Crippen molar-refractivity contribution in [1.29, 1.82) is 0 Å². The second kappa shape index (κ2) is 7.87. The molecule has 1 amide bonds. The summed E-state index contributed by atoms with van der Waals surface area (Å²) in [6, 6.07) is 6.55. The van der Waals surface area contributed by atoms with Gasteiger partial charge < -0.3 is 14.8 Å². The first-order valence-electron chi connectivity index (χ1n) is 9.01. The molecule has 0 saturated carbocycles. The summed E-state index contributed by atoms with van der Waals surface area (Å²) in [6.45, 7) is 6.08. The molecule has 1 unspecified atom stereocenters. The Morgan fingerprint density at radius 3 is 2.61 bits per heavy atom. The number of anilines is 1. The number of carbonyl (C=O) groups excluding carboxylic acids is 1. The highest BCUT2D eigenvalue weighted by Crippen LogP contribution is 2.34. The lowest BCUT2D eigenvalue weighted by atomic mass is 9.92. The molecule has 3 rings (SSSR count). The van der Waals surface area contributed by atoms with Crippen LogP contribution in [0.2, 0.25) is 0 Å². The standard InChI is InChI=1S/C20H25N3O4S/c1-20(2,3)16-10-18(25)23-13(11-28-19(23)22-16)9-17(24)21-12-6-7-14(26-4)15(8-12)27-5/h6-8,10,13H,9,11H2,1-5H3,(H,21,24). The van der Waals surface area contributed by atoms with Crippen LogP contribution in [0.3, 0.4) is 0 Å². The molecule has 1 N–H and O–H groups in total. The van der Waals surface area contributed by atoms with Crippen LogP contribution in [0.5, 0.6) is 11.5 Å². The van der Waals surface area contributed by atoms with E-state index in [1.54, 1.807) is 43.1 Å². The van der Waals surface area contributed by atoms with E-state index in [0.29, 0.717) is 28.1 Å². The van der Waals surface area contributed by atoms with E-state index in [1.165, 1.54) is 11.8 Å². The summed E-state index contributed by atoms with van der Waals surface area (Å²) in [4.78, 5) is 29.8. The molecule has 1 aromatic heterocycles. The molecule has 1 atom stereocenters. The number of methoxy groups -OCH3 is 2. The van der Waals surface area contributed by atoms with Gasteiger partial charge in [-0.3, -0.25) is 14.2 Å². The zero-order chi connectivity index (χ0) is 20.5. The van der Waals surface area contributed by atoms with Crippen LogP contribution in [-0.2, 0) is 10.2 Å². The zero-order valence-electron chi connectivity index (χ0n) is 16.7. The quantitative estimate of drug-likeness (QED) is 0.772. The SMILES string of the molecule is COc1ccc(NC(=O)CC2CSc3nc(C(C)(C)C)cc(=O)n32)cc1OC. The number of rotatable bonds is 5. The summed E-state index contributed by atoms with van der Waals surface area (Å²) >= 11 is 1.52. The fourth-order valence-electron chi connectivity index (χ4n) is 3.03. The summed E-state index contributed by atoms with van der Waals surface area (Å²) < 4.78 is 12.1. The van der Waals surface area contributed by atoms with Crippen LogP contribution in [-0.4, -0.2) is 35.4 Å². The number of nitrogens with zero attached hydrogens (tertiary/aromatic N) is 2. The lowest BCUT2D eigenvalue weighted by Gasteiger charge is -2.19. The summed E-state index contributed by atoms with van der Waals surface area (Å²) in [6.07, 6.45) is 0.199. The van der Waals surface area contributed by atoms with Crippen molar-refractivity contribution in [3.05, 3.63) is 40.3 Å². The number of benzene rings is 1. The normalized spacial score (nSPS) is 15.8. The first-order chi connectivity index (χ1) is 13.2. The summed E-state index contributed by atoms with van der Waals surface area (Å²) in [5, 5.41) is 3.54. The Morgan fingerprint density at radius 1 is 1.25 bits per heavy atom. The molecule has 7 nitrogen and oxygen atoms in total. The number of fused-ring (bicyclic) bond motifs is 1. The van der Waals surface area contributed by atoms with Gasteiger partial charge in [0, 0.05) is 35.4 Å². The molecular weight excluding hydrogens is 378 g/mol. The van der Waals surface area contributed by atoms with Crippen molar-refractivity contribution < 1.29 is 14.3 Å². The monoisotopic (exact) mass is 403 g/mol. The van der Waals surface area contributed by atoms with Gasteiger partial charge >= 0.3 is 0 Å². The Hall–Kier alpha value is -2.48. The van der Waals surface area contributed by atoms with E-state index in [2.05, 4.69) is 10.3 Å². The third-order valence-corrected chi connectivity index (χ3v) is 5.64. The maximum absolute atomic E-state index is 12.6. The van der Waals surface area contributed by atoms with Crippen LogP contribution in [0.25, 0.3) is 0 Å². The van der Waals surface area contributed by atoms with Gasteiger partial charge in [0.15, 0.2) is 16.7 Å². The molecular formula is C20H25N3O4S. The average Bonchev–Trinajstić information content (AvgIpc) is 3.04. The fourth-order valence-corrected chi connectivity index (χ4v) is 4.18. The lowest BCUT2D eigenvalue weighted by molar-refractivity contribution is -0.116. The second-order valence-electron chi connectivity index (χ2n) is 7.67. The molecule has 0 aliphatic carbocycles. The van der Waals surface area contributed by atoms with Crippen LogP contribution < -0.4 is 20.3 Å². The van der Waals surface area contributed by atoms with Gasteiger partial charge in [0.1, 0.15) is 0 Å². The van der Waals surface area contributed by atoms with E-state index in [-0.39, 0.29) is 29.3 Å². The summed E-state index contributed by atoms with van der Waals surface area (Å²) in [5.41, 5.74) is 1.08. The highest BCUT2D eigenvalue weighted by Gasteiger charge is 2.29. The maximum Gasteiger partial charge on any atom is 0.254 e. The molecule has 2 aromatic rings. The van der Waals surface area contributed by atoms with Gasteiger partial charge in [-0.1, -0.05) is 32.5 Å². The number of carbonyl (C=O) groups is 1. The van der Waals surface area contributed by atoms with Crippen LogP contribution >= 0.6 is 11.8 Å². The first-order valence-corrected chi connectivity index (χ1v) is 10.00. The van der Waals surface area contributed by atoms with Crippen molar-refractivity contribution >= 4 is 23.4 Å². The minimum Gasteiger partial charge on any atom is -0.493 e. The van der Waals surface area contributed by atoms with E-state index in [1.807, 2.05) is 20.8 Å². The predicted molar refractivity (Wildman–Crippen MR) is 110 cm³/mol. The van der Waals surface area contributed by atoms with Crippen molar-refractivity contribution in [3.63, 3.8) is 0 Å². The smallest absolute Gasteiger partial charge is 0.254 e. The van der Waals surface area contributed by atoms with Gasteiger partial charge in [-0.05, 0) is 12.1 Å². The predicted octanol–water partition coefficient (Wildman–Crippen LogP) is 3.23. The van der Waals surface area contributed by atoms with E-state index in [4.69, 9.17) is 9.47 Å². The molecule has 8 heteroatoms. The lowest BCUT2D eigenvalue weighted by Crippen LogP contribution is -2.29.